The van der Waals surface area contributed by atoms with Crippen LogP contribution in [0, 0.1) is 5.92 Å². The van der Waals surface area contributed by atoms with E-state index in [-0.39, 0.29) is 43.0 Å². The second-order valence-electron chi connectivity index (χ2n) is 15.9. The Morgan fingerprint density at radius 1 is 1.05 bits per heavy atom. The molecule has 13 nitrogen and oxygen atoms in total. The molecule has 7 rings (SSSR count). The molecule has 57 heavy (non-hydrogen) atoms. The van der Waals surface area contributed by atoms with Crippen LogP contribution < -0.4 is 19.9 Å². The largest absolute Gasteiger partial charge is 0.494 e. The Bertz CT molecular complexity index is 2090. The van der Waals surface area contributed by atoms with Crippen LogP contribution in [-0.2, 0) is 45.9 Å². The van der Waals surface area contributed by atoms with Gasteiger partial charge in [0, 0.05) is 59.6 Å². The number of carbonyl (C=O) groups excluding carboxylic acids is 2. The van der Waals surface area contributed by atoms with Crippen molar-refractivity contribution in [1.82, 2.24) is 20.3 Å². The molecular formula is C42H53BrN6O7Si. The summed E-state index contributed by atoms with van der Waals surface area (Å²) in [6.07, 6.45) is 4.24. The van der Waals surface area contributed by atoms with Crippen molar-refractivity contribution in [3.05, 3.63) is 93.7 Å². The summed E-state index contributed by atoms with van der Waals surface area (Å²) in [5.74, 6) is 0.157. The average molecular weight is 862 g/mol. The van der Waals surface area contributed by atoms with Crippen molar-refractivity contribution in [2.45, 2.75) is 95.4 Å². The number of carbonyl (C=O) groups is 2. The highest BCUT2D eigenvalue weighted by Crippen LogP contribution is 2.60. The van der Waals surface area contributed by atoms with Gasteiger partial charge in [0.15, 0.2) is 13.9 Å². The topological polar surface area (TPSA) is 163 Å². The lowest BCUT2D eigenvalue weighted by molar-refractivity contribution is -0.146. The third-order valence-corrected chi connectivity index (χ3v) is 14.6. The molecule has 1 fully saturated rings. The van der Waals surface area contributed by atoms with Gasteiger partial charge < -0.3 is 34.7 Å². The smallest absolute Gasteiger partial charge is 0.264 e. The van der Waals surface area contributed by atoms with Gasteiger partial charge in [-0.2, -0.15) is 0 Å². The average Bonchev–Trinajstić information content (AvgIpc) is 3.82. The number of benzene rings is 3. The number of aliphatic hydroxyl groups is 2. The molecule has 0 saturated carbocycles. The van der Waals surface area contributed by atoms with E-state index in [1.165, 1.54) is 0 Å². The maximum Gasteiger partial charge on any atom is 0.264 e. The minimum atomic E-state index is -2.89. The zero-order valence-corrected chi connectivity index (χ0v) is 35.6. The summed E-state index contributed by atoms with van der Waals surface area (Å²) >= 11 is 3.66. The number of nitrogens with one attached hydrogen (secondary N) is 1. The fourth-order valence-electron chi connectivity index (χ4n) is 9.11. The van der Waals surface area contributed by atoms with E-state index in [1.807, 2.05) is 93.8 Å². The quantitative estimate of drug-likeness (QED) is 0.0853. The summed E-state index contributed by atoms with van der Waals surface area (Å²) in [5, 5.41) is 30.5. The minimum Gasteiger partial charge on any atom is -0.494 e. The number of hydrogen-bond acceptors (Lipinski definition) is 10. The monoisotopic (exact) mass is 860 g/mol. The van der Waals surface area contributed by atoms with E-state index in [2.05, 4.69) is 31.6 Å². The van der Waals surface area contributed by atoms with Gasteiger partial charge in [-0.05, 0) is 112 Å². The van der Waals surface area contributed by atoms with E-state index in [1.54, 1.807) is 14.5 Å². The number of ether oxygens (including phenoxy) is 2. The highest BCUT2D eigenvalue weighted by molar-refractivity contribution is 9.10. The van der Waals surface area contributed by atoms with E-state index in [0.29, 0.717) is 56.8 Å². The van der Waals surface area contributed by atoms with Crippen LogP contribution >= 0.6 is 15.9 Å². The molecule has 0 bridgehead atoms. The fourth-order valence-corrected chi connectivity index (χ4v) is 12.1. The van der Waals surface area contributed by atoms with Crippen LogP contribution in [0.15, 0.2) is 71.3 Å². The maximum atomic E-state index is 15.1. The molecule has 1 aromatic heterocycles. The molecule has 4 N–H and O–H groups in total. The molecule has 4 heterocycles. The molecule has 304 valence electrons. The molecule has 3 aromatic carbocycles. The highest BCUT2D eigenvalue weighted by atomic mass is 79.9. The van der Waals surface area contributed by atoms with Gasteiger partial charge in [0.1, 0.15) is 5.75 Å². The van der Waals surface area contributed by atoms with Crippen LogP contribution in [0.2, 0.25) is 18.6 Å². The SMILES string of the molecule is CCOc1ccc2c(c1)CC(NCCCCO)C(=O)N2c1cccc(CN2C(=O)[C@@]3(O[C@@H](CCn4cc(CCO)nn4)[C@H]([Si](C)(C)O)[C@H]3C)c3cc(Br)ccc32)c1. The summed E-state index contributed by atoms with van der Waals surface area (Å²) in [5.41, 5.74) is 3.94. The van der Waals surface area contributed by atoms with Crippen molar-refractivity contribution < 1.29 is 34.1 Å². The van der Waals surface area contributed by atoms with E-state index in [9.17, 15) is 19.8 Å². The van der Waals surface area contributed by atoms with Crippen LogP contribution in [0.5, 0.6) is 5.75 Å². The van der Waals surface area contributed by atoms with Gasteiger partial charge in [-0.1, -0.05) is 40.2 Å². The summed E-state index contributed by atoms with van der Waals surface area (Å²) in [4.78, 5) is 44.7. The molecule has 0 aliphatic carbocycles. The van der Waals surface area contributed by atoms with Gasteiger partial charge >= 0.3 is 0 Å². The summed E-state index contributed by atoms with van der Waals surface area (Å²) < 4.78 is 15.4. The maximum absolute atomic E-state index is 15.1. The molecule has 0 radical (unpaired) electrons. The Morgan fingerprint density at radius 3 is 2.61 bits per heavy atom. The van der Waals surface area contributed by atoms with E-state index < -0.39 is 26.1 Å². The van der Waals surface area contributed by atoms with Gasteiger partial charge in [-0.25, -0.2) is 0 Å². The molecule has 15 heteroatoms. The van der Waals surface area contributed by atoms with Crippen molar-refractivity contribution in [1.29, 1.82) is 0 Å². The normalized spacial score (nSPS) is 23.1. The molecule has 1 unspecified atom stereocenters. The van der Waals surface area contributed by atoms with E-state index in [0.717, 1.165) is 44.7 Å². The first kappa shape index (κ1) is 41.2. The first-order valence-electron chi connectivity index (χ1n) is 19.9. The van der Waals surface area contributed by atoms with Gasteiger partial charge in [0.2, 0.25) is 5.91 Å². The predicted octanol–water partition coefficient (Wildman–Crippen LogP) is 5.36. The molecule has 1 saturated heterocycles. The zero-order chi connectivity index (χ0) is 40.5. The van der Waals surface area contributed by atoms with Crippen LogP contribution in [0.25, 0.3) is 0 Å². The fraction of sp³-hybridized carbons (Fsp3) is 0.476. The lowest BCUT2D eigenvalue weighted by Gasteiger charge is -2.35. The summed E-state index contributed by atoms with van der Waals surface area (Å²) in [6.45, 7) is 9.74. The first-order valence-corrected chi connectivity index (χ1v) is 23.8. The Balaban J connectivity index is 1.20. The number of fused-ring (bicyclic) bond motifs is 3. The van der Waals surface area contributed by atoms with Crippen molar-refractivity contribution in [2.75, 3.05) is 36.2 Å². The number of hydrogen-bond donors (Lipinski definition) is 4. The Hall–Kier alpha value is -3.96. The van der Waals surface area contributed by atoms with Crippen molar-refractivity contribution >= 4 is 53.1 Å². The molecule has 4 aromatic rings. The number of aromatic nitrogens is 3. The second kappa shape index (κ2) is 17.1. The number of aryl methyl sites for hydroxylation is 1. The van der Waals surface area contributed by atoms with Crippen molar-refractivity contribution in [2.24, 2.45) is 5.92 Å². The van der Waals surface area contributed by atoms with Gasteiger partial charge in [-0.3, -0.25) is 19.2 Å². The van der Waals surface area contributed by atoms with E-state index >= 15 is 4.79 Å². The van der Waals surface area contributed by atoms with Crippen LogP contribution in [0.4, 0.5) is 17.1 Å². The van der Waals surface area contributed by atoms with Crippen LogP contribution in [0.1, 0.15) is 55.5 Å². The van der Waals surface area contributed by atoms with Crippen molar-refractivity contribution in [3.8, 4) is 5.75 Å². The van der Waals surface area contributed by atoms with Gasteiger partial charge in [0.25, 0.3) is 5.91 Å². The molecule has 5 atom stereocenters. The number of anilines is 3. The van der Waals surface area contributed by atoms with E-state index in [4.69, 9.17) is 9.47 Å². The van der Waals surface area contributed by atoms with Gasteiger partial charge in [0.05, 0.1) is 42.4 Å². The highest BCUT2D eigenvalue weighted by Gasteiger charge is 2.66. The summed E-state index contributed by atoms with van der Waals surface area (Å²) in [7, 11) is -2.89. The summed E-state index contributed by atoms with van der Waals surface area (Å²) in [6, 6.07) is 19.0. The first-order chi connectivity index (χ1) is 27.4. The second-order valence-corrected chi connectivity index (χ2v) is 20.7. The zero-order valence-electron chi connectivity index (χ0n) is 33.0. The standard InChI is InChI=1S/C42H53BrN6O7Si/c1-5-55-33-12-14-36-29(22-33)23-35(44-17-6-7-19-50)40(52)49(36)32-10-8-9-28(21-32)25-48-37-13-11-30(43)24-34(37)42(41(48)53)27(2)39(57(3,4)54)38(56-42)15-18-47-26-31(16-20-51)45-46-47/h8-14,21-22,24,26-27,35,38-39,44,50-51,54H,5-7,15-20,23,25H2,1-4H3/t27-,35?,38+,39-,42+/m1/s1. The third-order valence-electron chi connectivity index (χ3n) is 11.6. The van der Waals surface area contributed by atoms with Crippen LogP contribution in [0.3, 0.4) is 0 Å². The number of halogens is 1. The predicted molar refractivity (Wildman–Crippen MR) is 223 cm³/mol. The third kappa shape index (κ3) is 8.07. The molecule has 2 amide bonds. The molecule has 1 spiro atoms. The Kier molecular flexibility index (Phi) is 12.4. The van der Waals surface area contributed by atoms with Crippen molar-refractivity contribution in [3.63, 3.8) is 0 Å². The number of aliphatic hydroxyl groups excluding tert-OH is 2. The van der Waals surface area contributed by atoms with Crippen LogP contribution in [-0.4, -0.2) is 88.6 Å². The number of amides is 2. The van der Waals surface area contributed by atoms with Gasteiger partial charge in [-0.15, -0.1) is 5.10 Å². The number of nitrogens with zero attached hydrogens (tertiary/aromatic N) is 5. The Labute approximate surface area is 343 Å². The molecule has 3 aliphatic heterocycles. The Morgan fingerprint density at radius 2 is 1.86 bits per heavy atom. The molecule has 3 aliphatic rings. The lowest BCUT2D eigenvalue weighted by Crippen LogP contribution is -2.49. The number of rotatable bonds is 16. The minimum absolute atomic E-state index is 0.0144. The number of unbranched alkanes of at least 4 members (excludes halogenated alkanes) is 1. The lowest BCUT2D eigenvalue weighted by atomic mass is 9.82. The molecular weight excluding hydrogens is 808 g/mol.